The zero-order chi connectivity index (χ0) is 12.1. The average Bonchev–Trinajstić information content (AvgIpc) is 2.29. The Morgan fingerprint density at radius 1 is 1.69 bits per heavy atom. The van der Waals surface area contributed by atoms with E-state index in [9.17, 15) is 10.1 Å². The maximum Gasteiger partial charge on any atom is 0.270 e. The molecule has 1 rings (SSSR count). The zero-order valence-corrected chi connectivity index (χ0v) is 10.1. The molecule has 0 N–H and O–H groups in total. The van der Waals surface area contributed by atoms with E-state index in [1.165, 1.54) is 23.9 Å². The maximum absolute atomic E-state index is 10.5. The number of alkyl halides is 1. The molecule has 0 heterocycles. The number of non-ortho nitro benzene ring substituents is 1. The third-order valence-electron chi connectivity index (χ3n) is 1.84. The summed E-state index contributed by atoms with van der Waals surface area (Å²) in [6, 6.07) is 6.21. The van der Waals surface area contributed by atoms with Crippen LogP contribution < -0.4 is 0 Å². The van der Waals surface area contributed by atoms with Gasteiger partial charge >= 0.3 is 0 Å². The number of nitriles is 1. The highest BCUT2D eigenvalue weighted by Crippen LogP contribution is 2.29. The smallest absolute Gasteiger partial charge is 0.258 e. The molecule has 0 amide bonds. The number of halogens is 1. The van der Waals surface area contributed by atoms with E-state index in [0.29, 0.717) is 11.4 Å². The second-order valence-corrected chi connectivity index (χ2v) is 4.92. The lowest BCUT2D eigenvalue weighted by Gasteiger charge is -2.08. The van der Waals surface area contributed by atoms with E-state index in [1.807, 2.05) is 13.0 Å². The number of hydrogen-bond acceptors (Lipinski definition) is 4. The van der Waals surface area contributed by atoms with Crippen LogP contribution in [0.5, 0.6) is 0 Å². The Morgan fingerprint density at radius 2 is 2.38 bits per heavy atom. The summed E-state index contributed by atoms with van der Waals surface area (Å²) >= 11 is 7.11. The summed E-state index contributed by atoms with van der Waals surface area (Å²) in [6.45, 7) is 1.93. The molecule has 84 valence electrons. The Labute approximate surface area is 102 Å². The largest absolute Gasteiger partial charge is 0.270 e. The van der Waals surface area contributed by atoms with Crippen LogP contribution in [0.15, 0.2) is 23.1 Å². The summed E-state index contributed by atoms with van der Waals surface area (Å²) < 4.78 is 0. The van der Waals surface area contributed by atoms with Crippen molar-refractivity contribution in [2.45, 2.75) is 17.1 Å². The summed E-state index contributed by atoms with van der Waals surface area (Å²) in [5.74, 6) is 0.465. The molecule has 0 aliphatic rings. The minimum Gasteiger partial charge on any atom is -0.258 e. The standard InChI is InChI=1S/C10H9ClN2O2S/c1-7(5-11)16-10-3-2-9(13(14)15)4-8(10)6-12/h2-4,7H,5H2,1H3. The van der Waals surface area contributed by atoms with Gasteiger partial charge in [0.1, 0.15) is 6.07 Å². The Kier molecular flexibility index (Phi) is 4.59. The molecule has 1 unspecified atom stereocenters. The Balaban J connectivity index is 3.03. The van der Waals surface area contributed by atoms with Crippen LogP contribution >= 0.6 is 23.4 Å². The molecule has 6 heteroatoms. The number of rotatable bonds is 4. The topological polar surface area (TPSA) is 66.9 Å². The van der Waals surface area contributed by atoms with Crippen LogP contribution in [-0.2, 0) is 0 Å². The van der Waals surface area contributed by atoms with Gasteiger partial charge in [-0.1, -0.05) is 6.92 Å². The number of hydrogen-bond donors (Lipinski definition) is 0. The number of nitro groups is 1. The fourth-order valence-electron chi connectivity index (χ4n) is 1.07. The third-order valence-corrected chi connectivity index (χ3v) is 3.66. The second kappa shape index (κ2) is 5.73. The van der Waals surface area contributed by atoms with E-state index >= 15 is 0 Å². The number of thioether (sulfide) groups is 1. The van der Waals surface area contributed by atoms with Crippen molar-refractivity contribution in [3.63, 3.8) is 0 Å². The minimum atomic E-state index is -0.514. The van der Waals surface area contributed by atoms with Crippen molar-refractivity contribution in [1.82, 2.24) is 0 Å². The first kappa shape index (κ1) is 12.8. The van der Waals surface area contributed by atoms with Crippen molar-refractivity contribution in [2.75, 3.05) is 5.88 Å². The molecule has 0 aliphatic carbocycles. The van der Waals surface area contributed by atoms with E-state index in [1.54, 1.807) is 6.07 Å². The van der Waals surface area contributed by atoms with Crippen LogP contribution in [0.3, 0.4) is 0 Å². The molecule has 0 fully saturated rings. The Bertz CT molecular complexity index is 445. The van der Waals surface area contributed by atoms with Crippen LogP contribution in [0.25, 0.3) is 0 Å². The number of benzene rings is 1. The molecule has 16 heavy (non-hydrogen) atoms. The summed E-state index contributed by atoms with van der Waals surface area (Å²) in [5, 5.41) is 19.6. The highest BCUT2D eigenvalue weighted by Gasteiger charge is 2.12. The molecule has 0 aliphatic heterocycles. The maximum atomic E-state index is 10.5. The van der Waals surface area contributed by atoms with Crippen molar-refractivity contribution in [3.05, 3.63) is 33.9 Å². The lowest BCUT2D eigenvalue weighted by Crippen LogP contribution is -1.98. The monoisotopic (exact) mass is 256 g/mol. The minimum absolute atomic E-state index is 0.0700. The molecular formula is C10H9ClN2O2S. The summed E-state index contributed by atoms with van der Waals surface area (Å²) in [4.78, 5) is 10.7. The first-order chi connectivity index (χ1) is 7.58. The first-order valence-corrected chi connectivity index (χ1v) is 5.91. The van der Waals surface area contributed by atoms with Gasteiger partial charge in [0.05, 0.1) is 10.5 Å². The molecule has 0 bridgehead atoms. The van der Waals surface area contributed by atoms with Crippen LogP contribution in [0.2, 0.25) is 0 Å². The lowest BCUT2D eigenvalue weighted by molar-refractivity contribution is -0.384. The van der Waals surface area contributed by atoms with Crippen LogP contribution in [0.1, 0.15) is 12.5 Å². The van der Waals surface area contributed by atoms with Crippen LogP contribution in [0.4, 0.5) is 5.69 Å². The van der Waals surface area contributed by atoms with Gasteiger partial charge in [-0.25, -0.2) is 0 Å². The predicted octanol–water partition coefficient (Wildman–Crippen LogP) is 3.19. The second-order valence-electron chi connectivity index (χ2n) is 3.13. The molecule has 0 spiro atoms. The number of nitrogens with zero attached hydrogens (tertiary/aromatic N) is 2. The molecule has 1 aromatic carbocycles. The molecule has 0 saturated heterocycles. The Hall–Kier alpha value is -1.25. The van der Waals surface area contributed by atoms with E-state index in [4.69, 9.17) is 16.9 Å². The van der Waals surface area contributed by atoms with Crippen molar-refractivity contribution in [2.24, 2.45) is 0 Å². The van der Waals surface area contributed by atoms with Crippen LogP contribution in [0, 0.1) is 21.4 Å². The van der Waals surface area contributed by atoms with Gasteiger partial charge in [0.2, 0.25) is 0 Å². The molecule has 0 saturated carbocycles. The Morgan fingerprint density at radius 3 is 2.88 bits per heavy atom. The summed E-state index contributed by atoms with van der Waals surface area (Å²) in [5.41, 5.74) is 0.246. The highest BCUT2D eigenvalue weighted by atomic mass is 35.5. The first-order valence-electron chi connectivity index (χ1n) is 4.49. The van der Waals surface area contributed by atoms with E-state index < -0.39 is 4.92 Å². The fraction of sp³-hybridized carbons (Fsp3) is 0.300. The molecule has 0 radical (unpaired) electrons. The van der Waals surface area contributed by atoms with Gasteiger partial charge in [-0.3, -0.25) is 10.1 Å². The van der Waals surface area contributed by atoms with Gasteiger partial charge in [0, 0.05) is 28.2 Å². The van der Waals surface area contributed by atoms with Gasteiger partial charge < -0.3 is 0 Å². The molecule has 0 aromatic heterocycles. The summed E-state index contributed by atoms with van der Waals surface area (Å²) in [7, 11) is 0. The van der Waals surface area contributed by atoms with Crippen LogP contribution in [-0.4, -0.2) is 16.1 Å². The average molecular weight is 257 g/mol. The fourth-order valence-corrected chi connectivity index (χ4v) is 2.13. The number of nitro benzene ring substituents is 1. The van der Waals surface area contributed by atoms with Crippen molar-refractivity contribution >= 4 is 29.1 Å². The molecule has 1 atom stereocenters. The van der Waals surface area contributed by atoms with Gasteiger partial charge in [0.15, 0.2) is 0 Å². The SMILES string of the molecule is CC(CCl)Sc1ccc([N+](=O)[O-])cc1C#N. The summed E-state index contributed by atoms with van der Waals surface area (Å²) in [6.07, 6.45) is 0. The molecule has 4 nitrogen and oxygen atoms in total. The van der Waals surface area contributed by atoms with Crippen molar-refractivity contribution in [1.29, 1.82) is 5.26 Å². The highest BCUT2D eigenvalue weighted by molar-refractivity contribution is 8.00. The van der Waals surface area contributed by atoms with Gasteiger partial charge in [-0.2, -0.15) is 5.26 Å². The van der Waals surface area contributed by atoms with Gasteiger partial charge in [-0.05, 0) is 6.07 Å². The van der Waals surface area contributed by atoms with Crippen molar-refractivity contribution in [3.8, 4) is 6.07 Å². The normalized spacial score (nSPS) is 11.8. The quantitative estimate of drug-likeness (QED) is 0.359. The van der Waals surface area contributed by atoms with Gasteiger partial charge in [0.25, 0.3) is 5.69 Å². The lowest BCUT2D eigenvalue weighted by atomic mass is 10.2. The van der Waals surface area contributed by atoms with Gasteiger partial charge in [-0.15, -0.1) is 23.4 Å². The third kappa shape index (κ3) is 3.12. The molecule has 1 aromatic rings. The van der Waals surface area contributed by atoms with E-state index in [-0.39, 0.29) is 10.9 Å². The van der Waals surface area contributed by atoms with E-state index in [0.717, 1.165) is 4.90 Å². The van der Waals surface area contributed by atoms with E-state index in [2.05, 4.69) is 0 Å². The predicted molar refractivity (Wildman–Crippen MR) is 63.9 cm³/mol. The molecular weight excluding hydrogens is 248 g/mol. The van der Waals surface area contributed by atoms with Crippen molar-refractivity contribution < 1.29 is 4.92 Å². The zero-order valence-electron chi connectivity index (χ0n) is 8.51.